The van der Waals surface area contributed by atoms with Gasteiger partial charge in [-0.2, -0.15) is 0 Å². The van der Waals surface area contributed by atoms with E-state index < -0.39 is 22.4 Å². The number of nitrogens with zero attached hydrogens (tertiary/aromatic N) is 1. The van der Waals surface area contributed by atoms with Gasteiger partial charge in [0.2, 0.25) is 0 Å². The predicted molar refractivity (Wildman–Crippen MR) is 78.0 cm³/mol. The van der Waals surface area contributed by atoms with E-state index in [2.05, 4.69) is 21.5 Å². The van der Waals surface area contributed by atoms with E-state index >= 15 is 0 Å². The summed E-state index contributed by atoms with van der Waals surface area (Å²) in [6.45, 7) is 1.29. The van der Waals surface area contributed by atoms with Crippen molar-refractivity contribution in [2.75, 3.05) is 11.3 Å². The van der Waals surface area contributed by atoms with Gasteiger partial charge in [-0.05, 0) is 25.1 Å². The smallest absolute Gasteiger partial charge is 0.264 e. The Morgan fingerprint density at radius 3 is 2.86 bits per heavy atom. The second kappa shape index (κ2) is 6.22. The van der Waals surface area contributed by atoms with Crippen LogP contribution in [-0.4, -0.2) is 25.1 Å². The van der Waals surface area contributed by atoms with Crippen LogP contribution in [0.4, 0.5) is 9.52 Å². The van der Waals surface area contributed by atoms with Crippen LogP contribution in [0.15, 0.2) is 28.5 Å². The first-order valence-electron chi connectivity index (χ1n) is 5.76. The van der Waals surface area contributed by atoms with Crippen molar-refractivity contribution in [1.29, 1.82) is 0 Å². The van der Waals surface area contributed by atoms with Gasteiger partial charge in [-0.1, -0.05) is 11.8 Å². The lowest BCUT2D eigenvalue weighted by Gasteiger charge is -2.07. The third-order valence-electron chi connectivity index (χ3n) is 2.37. The number of hydrogen-bond donors (Lipinski definition) is 2. The molecule has 2 N–H and O–H groups in total. The van der Waals surface area contributed by atoms with Crippen LogP contribution in [-0.2, 0) is 10.0 Å². The molecule has 1 heterocycles. The number of aliphatic hydroxyl groups is 1. The van der Waals surface area contributed by atoms with Crippen LogP contribution in [0.2, 0.25) is 0 Å². The maximum Gasteiger partial charge on any atom is 0.264 e. The lowest BCUT2D eigenvalue weighted by molar-refractivity contribution is 0.350. The number of thiazole rings is 1. The summed E-state index contributed by atoms with van der Waals surface area (Å²) in [5.74, 6) is 4.12. The van der Waals surface area contributed by atoms with E-state index in [-0.39, 0.29) is 15.6 Å². The maximum absolute atomic E-state index is 13.2. The molecular weight excluding hydrogens is 315 g/mol. The van der Waals surface area contributed by atoms with Crippen molar-refractivity contribution < 1.29 is 17.9 Å². The van der Waals surface area contributed by atoms with Crippen molar-refractivity contribution in [3.63, 3.8) is 0 Å². The summed E-state index contributed by atoms with van der Waals surface area (Å²) in [5.41, 5.74) is 0.668. The Morgan fingerprint density at radius 2 is 2.24 bits per heavy atom. The van der Waals surface area contributed by atoms with Gasteiger partial charge in [0, 0.05) is 10.9 Å². The normalized spacial score (nSPS) is 10.8. The zero-order chi connectivity index (χ0) is 15.5. The summed E-state index contributed by atoms with van der Waals surface area (Å²) in [7, 11) is -3.93. The van der Waals surface area contributed by atoms with E-state index in [4.69, 9.17) is 5.11 Å². The number of hydrogen-bond acceptors (Lipinski definition) is 5. The standard InChI is InChI=1S/C13H11FN2O3S2/c1-9-8-20-13(15-9)16-21(18,19)12-5-4-11(14)7-10(12)3-2-6-17/h4-5,7-8,17H,6H2,1H3,(H,15,16). The summed E-state index contributed by atoms with van der Waals surface area (Å²) in [5, 5.41) is 10.6. The van der Waals surface area contributed by atoms with Crippen molar-refractivity contribution in [3.8, 4) is 11.8 Å². The summed E-state index contributed by atoms with van der Waals surface area (Å²) >= 11 is 1.15. The average molecular weight is 326 g/mol. The molecule has 0 saturated heterocycles. The highest BCUT2D eigenvalue weighted by Crippen LogP contribution is 2.22. The molecule has 110 valence electrons. The number of sulfonamides is 1. The Kier molecular flexibility index (Phi) is 4.57. The van der Waals surface area contributed by atoms with Crippen LogP contribution < -0.4 is 4.72 Å². The number of aliphatic hydroxyl groups excluding tert-OH is 1. The molecule has 0 unspecified atom stereocenters. The van der Waals surface area contributed by atoms with E-state index in [0.717, 1.165) is 29.5 Å². The number of nitrogens with one attached hydrogen (secondary N) is 1. The Morgan fingerprint density at radius 1 is 1.48 bits per heavy atom. The van der Waals surface area contributed by atoms with Crippen molar-refractivity contribution in [3.05, 3.63) is 40.7 Å². The first kappa shape index (κ1) is 15.4. The molecule has 1 aromatic carbocycles. The third kappa shape index (κ3) is 3.78. The molecular formula is C13H11FN2O3S2. The quantitative estimate of drug-likeness (QED) is 0.842. The zero-order valence-electron chi connectivity index (χ0n) is 10.9. The molecule has 0 radical (unpaired) electrons. The summed E-state index contributed by atoms with van der Waals surface area (Å²) < 4.78 is 40.2. The van der Waals surface area contributed by atoms with Crippen LogP contribution >= 0.6 is 11.3 Å². The molecule has 0 amide bonds. The fraction of sp³-hybridized carbons (Fsp3) is 0.154. The summed E-state index contributed by atoms with van der Waals surface area (Å²) in [4.78, 5) is 3.84. The molecule has 1 aromatic heterocycles. The SMILES string of the molecule is Cc1csc(NS(=O)(=O)c2ccc(F)cc2C#CCO)n1. The highest BCUT2D eigenvalue weighted by Gasteiger charge is 2.19. The van der Waals surface area contributed by atoms with Crippen LogP contribution in [0.5, 0.6) is 0 Å². The Bertz CT molecular complexity index is 819. The molecule has 8 heteroatoms. The fourth-order valence-electron chi connectivity index (χ4n) is 1.54. The molecule has 2 aromatic rings. The molecule has 0 bridgehead atoms. The molecule has 0 aliphatic rings. The van der Waals surface area contributed by atoms with Gasteiger partial charge in [0.1, 0.15) is 17.3 Å². The van der Waals surface area contributed by atoms with E-state index in [1.54, 1.807) is 12.3 Å². The molecule has 0 aliphatic heterocycles. The minimum atomic E-state index is -3.93. The van der Waals surface area contributed by atoms with Crippen LogP contribution in [0.25, 0.3) is 0 Å². The third-order valence-corrected chi connectivity index (χ3v) is 4.78. The van der Waals surface area contributed by atoms with Gasteiger partial charge < -0.3 is 5.11 Å². The first-order valence-corrected chi connectivity index (χ1v) is 8.13. The summed E-state index contributed by atoms with van der Waals surface area (Å²) in [6, 6.07) is 3.16. The van der Waals surface area contributed by atoms with Crippen molar-refractivity contribution in [2.24, 2.45) is 0 Å². The fourth-order valence-corrected chi connectivity index (χ4v) is 3.63. The van der Waals surface area contributed by atoms with Crippen molar-refractivity contribution >= 4 is 26.5 Å². The molecule has 0 aliphatic carbocycles. The van der Waals surface area contributed by atoms with Gasteiger partial charge in [-0.3, -0.25) is 4.72 Å². The average Bonchev–Trinajstić information content (AvgIpc) is 2.80. The number of aryl methyl sites for hydroxylation is 1. The molecule has 21 heavy (non-hydrogen) atoms. The molecule has 5 nitrogen and oxygen atoms in total. The molecule has 2 rings (SSSR count). The monoisotopic (exact) mass is 326 g/mol. The minimum Gasteiger partial charge on any atom is -0.384 e. The van der Waals surface area contributed by atoms with E-state index in [9.17, 15) is 12.8 Å². The minimum absolute atomic E-state index is 0.0233. The first-order chi connectivity index (χ1) is 9.92. The van der Waals surface area contributed by atoms with Crippen LogP contribution in [0.3, 0.4) is 0 Å². The van der Waals surface area contributed by atoms with Gasteiger partial charge in [0.15, 0.2) is 5.13 Å². The number of rotatable bonds is 3. The largest absolute Gasteiger partial charge is 0.384 e. The van der Waals surface area contributed by atoms with Gasteiger partial charge in [-0.15, -0.1) is 11.3 Å². The second-order valence-corrected chi connectivity index (χ2v) is 6.51. The van der Waals surface area contributed by atoms with Crippen LogP contribution in [0, 0.1) is 24.6 Å². The predicted octanol–water partition coefficient (Wildman–Crippen LogP) is 1.74. The lowest BCUT2D eigenvalue weighted by atomic mass is 10.2. The Balaban J connectivity index is 2.44. The van der Waals surface area contributed by atoms with Crippen LogP contribution in [0.1, 0.15) is 11.3 Å². The number of halogens is 1. The zero-order valence-corrected chi connectivity index (χ0v) is 12.6. The highest BCUT2D eigenvalue weighted by molar-refractivity contribution is 7.93. The molecule has 0 spiro atoms. The van der Waals surface area contributed by atoms with Crippen molar-refractivity contribution in [2.45, 2.75) is 11.8 Å². The number of aromatic nitrogens is 1. The molecule has 0 saturated carbocycles. The van der Waals surface area contributed by atoms with Gasteiger partial charge in [-0.25, -0.2) is 17.8 Å². The molecule has 0 atom stereocenters. The Labute approximate surface area is 125 Å². The Hall–Kier alpha value is -1.95. The second-order valence-electron chi connectivity index (χ2n) is 4.00. The topological polar surface area (TPSA) is 79.3 Å². The molecule has 0 fully saturated rings. The van der Waals surface area contributed by atoms with Gasteiger partial charge >= 0.3 is 0 Å². The van der Waals surface area contributed by atoms with E-state index in [1.165, 1.54) is 0 Å². The van der Waals surface area contributed by atoms with Gasteiger partial charge in [0.25, 0.3) is 10.0 Å². The van der Waals surface area contributed by atoms with E-state index in [0.29, 0.717) is 5.69 Å². The highest BCUT2D eigenvalue weighted by atomic mass is 32.2. The maximum atomic E-state index is 13.2. The van der Waals surface area contributed by atoms with Crippen molar-refractivity contribution in [1.82, 2.24) is 4.98 Å². The number of benzene rings is 1. The summed E-state index contributed by atoms with van der Waals surface area (Å²) in [6.07, 6.45) is 0. The van der Waals surface area contributed by atoms with Gasteiger partial charge in [0.05, 0.1) is 5.69 Å². The number of anilines is 1. The lowest BCUT2D eigenvalue weighted by Crippen LogP contribution is -2.14. The van der Waals surface area contributed by atoms with E-state index in [1.807, 2.05) is 0 Å².